The van der Waals surface area contributed by atoms with E-state index in [2.05, 4.69) is 25.8 Å². The van der Waals surface area contributed by atoms with E-state index in [9.17, 15) is 8.78 Å². The van der Waals surface area contributed by atoms with E-state index < -0.39 is 6.43 Å². The first-order chi connectivity index (χ1) is 15.6. The van der Waals surface area contributed by atoms with Crippen molar-refractivity contribution in [2.75, 3.05) is 20.2 Å². The summed E-state index contributed by atoms with van der Waals surface area (Å²) < 4.78 is 32.9. The van der Waals surface area contributed by atoms with Gasteiger partial charge in [-0.3, -0.25) is 0 Å². The quantitative estimate of drug-likeness (QED) is 0.130. The van der Waals surface area contributed by atoms with Gasteiger partial charge in [0.25, 0.3) is 6.43 Å². The summed E-state index contributed by atoms with van der Waals surface area (Å²) in [5, 5.41) is 0. The van der Waals surface area contributed by atoms with Crippen LogP contribution in [0.4, 0.5) is 14.5 Å². The Kier molecular flexibility index (Phi) is 14.3. The summed E-state index contributed by atoms with van der Waals surface area (Å²) in [6, 6.07) is 3.15. The molecule has 0 aliphatic heterocycles. The number of aryl methyl sites for hydroxylation is 1. The summed E-state index contributed by atoms with van der Waals surface area (Å²) >= 11 is 0. The van der Waals surface area contributed by atoms with Crippen LogP contribution in [-0.2, 0) is 0 Å². The van der Waals surface area contributed by atoms with Gasteiger partial charge in [0.15, 0.2) is 0 Å². The molecule has 0 fully saturated rings. The van der Waals surface area contributed by atoms with Crippen LogP contribution in [0, 0.1) is 12.3 Å². The molecule has 5 heteroatoms. The summed E-state index contributed by atoms with van der Waals surface area (Å²) in [6.45, 7) is 12.1. The van der Waals surface area contributed by atoms with E-state index >= 15 is 0 Å². The van der Waals surface area contributed by atoms with Crippen molar-refractivity contribution in [1.29, 1.82) is 0 Å². The number of benzene rings is 1. The van der Waals surface area contributed by atoms with Crippen molar-refractivity contribution in [3.8, 4) is 5.75 Å². The second-order valence-corrected chi connectivity index (χ2v) is 10.5. The number of unbranched alkanes of at least 4 members (excludes halogenated alkanes) is 9. The average Bonchev–Trinajstić information content (AvgIpc) is 2.74. The summed E-state index contributed by atoms with van der Waals surface area (Å²) in [6.07, 6.45) is 12.9. The van der Waals surface area contributed by atoms with E-state index in [0.717, 1.165) is 24.9 Å². The lowest BCUT2D eigenvalue weighted by molar-refractivity contribution is 0.145. The van der Waals surface area contributed by atoms with Gasteiger partial charge in [-0.2, -0.15) is 0 Å². The van der Waals surface area contributed by atoms with Gasteiger partial charge in [0.2, 0.25) is 0 Å². The highest BCUT2D eigenvalue weighted by atomic mass is 19.3. The van der Waals surface area contributed by atoms with Gasteiger partial charge in [0.1, 0.15) is 5.75 Å². The molecule has 1 rings (SSSR count). The molecule has 3 nitrogen and oxygen atoms in total. The molecule has 0 unspecified atom stereocenters. The molecule has 0 aliphatic rings. The van der Waals surface area contributed by atoms with Crippen LogP contribution in [0.1, 0.15) is 116 Å². The first-order valence-electron chi connectivity index (χ1n) is 12.9. The molecule has 33 heavy (non-hydrogen) atoms. The third-order valence-electron chi connectivity index (χ3n) is 6.03. The first kappa shape index (κ1) is 29.4. The SMILES string of the molecule is CCN(C)C=Nc1cc(C(F)F)c(OCCCCCCCCCCCCC(C)(C)C)cc1C. The highest BCUT2D eigenvalue weighted by Crippen LogP contribution is 2.35. The maximum Gasteiger partial charge on any atom is 0.267 e. The molecule has 0 atom stereocenters. The van der Waals surface area contributed by atoms with Crippen LogP contribution in [0.25, 0.3) is 0 Å². The molecule has 190 valence electrons. The minimum Gasteiger partial charge on any atom is -0.493 e. The molecule has 0 aliphatic carbocycles. The molecule has 0 aromatic heterocycles. The number of halogens is 2. The highest BCUT2D eigenvalue weighted by molar-refractivity contribution is 5.64. The lowest BCUT2D eigenvalue weighted by Gasteiger charge is -2.17. The number of ether oxygens (including phenoxy) is 1. The van der Waals surface area contributed by atoms with Gasteiger partial charge in [0, 0.05) is 13.6 Å². The van der Waals surface area contributed by atoms with Crippen molar-refractivity contribution in [2.45, 2.75) is 112 Å². The average molecular weight is 467 g/mol. The predicted molar refractivity (Wildman–Crippen MR) is 138 cm³/mol. The van der Waals surface area contributed by atoms with Gasteiger partial charge < -0.3 is 9.64 Å². The van der Waals surface area contributed by atoms with E-state index in [1.807, 2.05) is 25.8 Å². The van der Waals surface area contributed by atoms with Crippen molar-refractivity contribution >= 4 is 12.0 Å². The normalized spacial score (nSPS) is 12.2. The molecule has 0 saturated heterocycles. The molecule has 0 N–H and O–H groups in total. The van der Waals surface area contributed by atoms with Gasteiger partial charge in [-0.15, -0.1) is 0 Å². The van der Waals surface area contributed by atoms with Crippen LogP contribution >= 0.6 is 0 Å². The number of aliphatic imine (C=N–C) groups is 1. The minimum absolute atomic E-state index is 0.0746. The van der Waals surface area contributed by atoms with Gasteiger partial charge in [-0.05, 0) is 49.8 Å². The van der Waals surface area contributed by atoms with Gasteiger partial charge in [0.05, 0.1) is 24.2 Å². The molecule has 0 heterocycles. The summed E-state index contributed by atoms with van der Waals surface area (Å²) in [5.41, 5.74) is 1.79. The third-order valence-corrected chi connectivity index (χ3v) is 6.03. The molecule has 0 amide bonds. The van der Waals surface area contributed by atoms with Crippen molar-refractivity contribution in [3.63, 3.8) is 0 Å². The van der Waals surface area contributed by atoms with Crippen molar-refractivity contribution in [3.05, 3.63) is 23.3 Å². The lowest BCUT2D eigenvalue weighted by Crippen LogP contribution is -2.14. The van der Waals surface area contributed by atoms with Crippen molar-refractivity contribution < 1.29 is 13.5 Å². The number of hydrogen-bond acceptors (Lipinski definition) is 2. The zero-order valence-electron chi connectivity index (χ0n) is 22.1. The van der Waals surface area contributed by atoms with E-state index in [0.29, 0.717) is 17.7 Å². The molecule has 1 aromatic rings. The van der Waals surface area contributed by atoms with Crippen LogP contribution in [0.3, 0.4) is 0 Å². The predicted octanol–water partition coefficient (Wildman–Crippen LogP) is 9.26. The van der Waals surface area contributed by atoms with Gasteiger partial charge in [-0.25, -0.2) is 13.8 Å². The van der Waals surface area contributed by atoms with Gasteiger partial charge >= 0.3 is 0 Å². The van der Waals surface area contributed by atoms with Crippen molar-refractivity contribution in [1.82, 2.24) is 4.90 Å². The lowest BCUT2D eigenvalue weighted by atomic mass is 9.89. The summed E-state index contributed by atoms with van der Waals surface area (Å²) in [5.74, 6) is 0.289. The Morgan fingerprint density at radius 1 is 0.939 bits per heavy atom. The third kappa shape index (κ3) is 13.6. The van der Waals surface area contributed by atoms with Crippen LogP contribution in [0.5, 0.6) is 5.75 Å². The van der Waals surface area contributed by atoms with Crippen LogP contribution in [0.2, 0.25) is 0 Å². The molecule has 1 aromatic carbocycles. The van der Waals surface area contributed by atoms with E-state index in [-0.39, 0.29) is 11.3 Å². The highest BCUT2D eigenvalue weighted by Gasteiger charge is 2.17. The smallest absolute Gasteiger partial charge is 0.267 e. The maximum absolute atomic E-state index is 13.6. The molecule has 0 spiro atoms. The molecule has 0 bridgehead atoms. The fourth-order valence-electron chi connectivity index (χ4n) is 3.72. The van der Waals surface area contributed by atoms with E-state index in [4.69, 9.17) is 4.74 Å². The molecular weight excluding hydrogens is 418 g/mol. The second kappa shape index (κ2) is 16.1. The minimum atomic E-state index is -2.58. The van der Waals surface area contributed by atoms with E-state index in [1.54, 1.807) is 12.4 Å². The Labute approximate surface area is 202 Å². The summed E-state index contributed by atoms with van der Waals surface area (Å²) in [7, 11) is 1.90. The zero-order chi connectivity index (χ0) is 24.7. The van der Waals surface area contributed by atoms with Gasteiger partial charge in [-0.1, -0.05) is 78.6 Å². The number of hydrogen-bond donors (Lipinski definition) is 0. The summed E-state index contributed by atoms with van der Waals surface area (Å²) in [4.78, 5) is 6.25. The van der Waals surface area contributed by atoms with Crippen LogP contribution < -0.4 is 4.74 Å². The van der Waals surface area contributed by atoms with Crippen LogP contribution in [0.15, 0.2) is 17.1 Å². The Morgan fingerprint density at radius 3 is 2.00 bits per heavy atom. The molecule has 0 radical (unpaired) electrons. The fourth-order valence-corrected chi connectivity index (χ4v) is 3.72. The van der Waals surface area contributed by atoms with E-state index in [1.165, 1.54) is 63.9 Å². The fraction of sp³-hybridized carbons (Fsp3) is 0.750. The Balaban J connectivity index is 2.25. The monoisotopic (exact) mass is 466 g/mol. The Morgan fingerprint density at radius 2 is 1.48 bits per heavy atom. The largest absolute Gasteiger partial charge is 0.493 e. The zero-order valence-corrected chi connectivity index (χ0v) is 22.1. The topological polar surface area (TPSA) is 24.8 Å². The molecule has 0 saturated carbocycles. The van der Waals surface area contributed by atoms with Crippen molar-refractivity contribution in [2.24, 2.45) is 10.4 Å². The number of rotatable bonds is 17. The first-order valence-corrected chi connectivity index (χ1v) is 12.9. The standard InChI is InChI=1S/C28H48F2N2O/c1-7-32(6)22-31-25-21-24(27(29)30)26(20-23(25)2)33-19-17-15-13-11-9-8-10-12-14-16-18-28(3,4)5/h20-22,27H,7-19H2,1-6H3. The maximum atomic E-state index is 13.6. The van der Waals surface area contributed by atoms with Crippen LogP contribution in [-0.4, -0.2) is 31.4 Å². The Hall–Kier alpha value is -1.65. The number of alkyl halides is 2. The Bertz CT molecular complexity index is 683. The number of nitrogens with zero attached hydrogens (tertiary/aromatic N) is 2. The molecular formula is C28H48F2N2O. The second-order valence-electron chi connectivity index (χ2n) is 10.5.